The largest absolute Gasteiger partial charge is 0.490 e. The summed E-state index contributed by atoms with van der Waals surface area (Å²) in [4.78, 5) is 42.1. The van der Waals surface area contributed by atoms with Crippen LogP contribution in [0.3, 0.4) is 0 Å². The molecule has 6 rings (SSSR count). The van der Waals surface area contributed by atoms with Crippen molar-refractivity contribution in [2.75, 3.05) is 18.4 Å². The Kier molecular flexibility index (Phi) is 8.83. The quantitative estimate of drug-likeness (QED) is 0.287. The lowest BCUT2D eigenvalue weighted by Crippen LogP contribution is -2.57. The van der Waals surface area contributed by atoms with Crippen LogP contribution in [0.1, 0.15) is 74.2 Å². The van der Waals surface area contributed by atoms with Crippen molar-refractivity contribution in [3.8, 4) is 5.75 Å². The van der Waals surface area contributed by atoms with Crippen molar-refractivity contribution < 1.29 is 37.0 Å². The van der Waals surface area contributed by atoms with E-state index in [-0.39, 0.29) is 17.7 Å². The van der Waals surface area contributed by atoms with Crippen LogP contribution in [0.4, 0.5) is 23.7 Å². The van der Waals surface area contributed by atoms with Gasteiger partial charge in [-0.25, -0.2) is 4.79 Å². The van der Waals surface area contributed by atoms with E-state index in [1.54, 1.807) is 68.1 Å². The van der Waals surface area contributed by atoms with Crippen LogP contribution in [0.15, 0.2) is 60.7 Å². The lowest BCUT2D eigenvalue weighted by atomic mass is 9.59. The van der Waals surface area contributed by atoms with Gasteiger partial charge >= 0.3 is 12.3 Å². The van der Waals surface area contributed by atoms with Gasteiger partial charge in [0.15, 0.2) is 0 Å². The molecule has 2 fully saturated rings. The Hall–Kier alpha value is -3.96. The summed E-state index contributed by atoms with van der Waals surface area (Å²) in [5, 5.41) is 6.49. The minimum atomic E-state index is -4.73. The Morgan fingerprint density at radius 1 is 0.958 bits per heavy atom. The van der Waals surface area contributed by atoms with Gasteiger partial charge in [-0.3, -0.25) is 9.59 Å². The molecule has 8 nitrogen and oxygen atoms in total. The molecule has 0 saturated carbocycles. The van der Waals surface area contributed by atoms with E-state index >= 15 is 0 Å². The summed E-state index contributed by atoms with van der Waals surface area (Å²) in [6.07, 6.45) is -5.02. The van der Waals surface area contributed by atoms with Gasteiger partial charge in [0.1, 0.15) is 22.9 Å². The number of amides is 3. The number of ether oxygens (including phenoxy) is 2. The zero-order chi connectivity index (χ0) is 34.6. The van der Waals surface area contributed by atoms with E-state index in [9.17, 15) is 27.6 Å². The number of carbonyl (C=O) groups is 3. The second kappa shape index (κ2) is 12.5. The fraction of sp³-hybridized carbons (Fsp3) is 0.400. The zero-order valence-electron chi connectivity index (χ0n) is 26.4. The highest BCUT2D eigenvalue weighted by Crippen LogP contribution is 2.59. The van der Waals surface area contributed by atoms with Crippen LogP contribution in [0, 0.1) is 0 Å². The number of nitrogens with zero attached hydrogens (tertiary/aromatic N) is 1. The molecular weight excluding hydrogens is 670 g/mol. The molecule has 3 aromatic rings. The number of piperidine rings is 2. The summed E-state index contributed by atoms with van der Waals surface area (Å²) in [6, 6.07) is 13.4. The van der Waals surface area contributed by atoms with Gasteiger partial charge in [-0.2, -0.15) is 13.2 Å². The molecule has 13 heteroatoms. The summed E-state index contributed by atoms with van der Waals surface area (Å²) < 4.78 is 54.7. The Labute approximate surface area is 285 Å². The van der Waals surface area contributed by atoms with Crippen LogP contribution < -0.4 is 15.4 Å². The summed E-state index contributed by atoms with van der Waals surface area (Å²) in [6.45, 7) is 5.95. The molecule has 0 aromatic heterocycles. The Balaban J connectivity index is 1.45. The van der Waals surface area contributed by atoms with Gasteiger partial charge in [-0.05, 0) is 74.4 Å². The standard InChI is InChI=1S/C35H34Cl2F3N3O5/c1-33(2,3)48-32(46)43-13-11-23(12-14-43)47-28-10-7-20(35(38,39)40)16-24(28)30-34(25-9-8-22(37)17-27(25)41-31(34)45)26(18-29(44)42-30)19-5-4-6-21(36)15-19/h4-10,15-17,23,26,30H,11-14,18H2,1-3H3,(H,41,45)(H,42,44)/t26-,30+,34-/m0/s1. The first kappa shape index (κ1) is 33.9. The lowest BCUT2D eigenvalue weighted by Gasteiger charge is -2.47. The SMILES string of the molecule is CC(C)(C)OC(=O)N1CCC(Oc2ccc(C(F)(F)F)cc2[C@H]2NC(=O)C[C@@H](c3cccc(Cl)c3)[C@]23C(=O)Nc2cc(Cl)ccc23)CC1. The highest BCUT2D eigenvalue weighted by molar-refractivity contribution is 6.31. The molecule has 48 heavy (non-hydrogen) atoms. The molecule has 1 spiro atoms. The monoisotopic (exact) mass is 703 g/mol. The summed E-state index contributed by atoms with van der Waals surface area (Å²) in [5.74, 6) is -1.70. The molecule has 3 aliphatic rings. The van der Waals surface area contributed by atoms with Gasteiger partial charge in [0, 0.05) is 59.6 Å². The van der Waals surface area contributed by atoms with Gasteiger partial charge in [0.25, 0.3) is 0 Å². The lowest BCUT2D eigenvalue weighted by molar-refractivity contribution is -0.137. The number of likely N-dealkylation sites (tertiary alicyclic amines) is 1. The molecule has 2 N–H and O–H groups in total. The van der Waals surface area contributed by atoms with Crippen molar-refractivity contribution >= 4 is 46.8 Å². The van der Waals surface area contributed by atoms with Crippen molar-refractivity contribution in [2.45, 2.75) is 75.3 Å². The van der Waals surface area contributed by atoms with E-state index in [1.165, 1.54) is 6.07 Å². The topological polar surface area (TPSA) is 97.0 Å². The molecule has 254 valence electrons. The number of nitrogens with one attached hydrogen (secondary N) is 2. The second-order valence-electron chi connectivity index (χ2n) is 13.4. The molecule has 0 bridgehead atoms. The van der Waals surface area contributed by atoms with Crippen molar-refractivity contribution in [1.82, 2.24) is 10.2 Å². The molecule has 3 heterocycles. The summed E-state index contributed by atoms with van der Waals surface area (Å²) >= 11 is 12.7. The average Bonchev–Trinajstić information content (AvgIpc) is 3.28. The van der Waals surface area contributed by atoms with Gasteiger partial charge in [-0.15, -0.1) is 0 Å². The average molecular weight is 705 g/mol. The maximum Gasteiger partial charge on any atom is 0.416 e. The first-order valence-electron chi connectivity index (χ1n) is 15.6. The van der Waals surface area contributed by atoms with Crippen LogP contribution in [-0.2, 0) is 25.9 Å². The fourth-order valence-electron chi connectivity index (χ4n) is 6.99. The number of anilines is 1. The molecule has 3 aliphatic heterocycles. The van der Waals surface area contributed by atoms with Crippen molar-refractivity contribution in [3.05, 3.63) is 93.0 Å². The van der Waals surface area contributed by atoms with Gasteiger partial charge in [-0.1, -0.05) is 41.4 Å². The second-order valence-corrected chi connectivity index (χ2v) is 14.2. The van der Waals surface area contributed by atoms with E-state index < -0.39 is 58.7 Å². The van der Waals surface area contributed by atoms with Crippen molar-refractivity contribution in [1.29, 1.82) is 0 Å². The highest BCUT2D eigenvalue weighted by atomic mass is 35.5. The van der Waals surface area contributed by atoms with Gasteiger partial charge in [0.05, 0.1) is 11.6 Å². The summed E-state index contributed by atoms with van der Waals surface area (Å²) in [5.41, 5.74) is -1.80. The number of fused-ring (bicyclic) bond motifs is 2. The third kappa shape index (κ3) is 6.42. The minimum Gasteiger partial charge on any atom is -0.490 e. The van der Waals surface area contributed by atoms with E-state index in [2.05, 4.69) is 10.6 Å². The van der Waals surface area contributed by atoms with Crippen LogP contribution in [0.25, 0.3) is 0 Å². The van der Waals surface area contributed by atoms with Crippen LogP contribution in [0.5, 0.6) is 5.75 Å². The predicted octanol–water partition coefficient (Wildman–Crippen LogP) is 8.03. The molecule has 0 aliphatic carbocycles. The van der Waals surface area contributed by atoms with Gasteiger partial charge in [0.2, 0.25) is 11.8 Å². The predicted molar refractivity (Wildman–Crippen MR) is 174 cm³/mol. The first-order valence-corrected chi connectivity index (χ1v) is 16.3. The fourth-order valence-corrected chi connectivity index (χ4v) is 7.36. The minimum absolute atomic E-state index is 0.00238. The van der Waals surface area contributed by atoms with E-state index in [4.69, 9.17) is 32.7 Å². The summed E-state index contributed by atoms with van der Waals surface area (Å²) in [7, 11) is 0. The molecule has 3 atom stereocenters. The Bertz CT molecular complexity index is 1770. The van der Waals surface area contributed by atoms with Crippen LogP contribution in [-0.4, -0.2) is 47.6 Å². The van der Waals surface area contributed by atoms with Crippen LogP contribution >= 0.6 is 23.2 Å². The van der Waals surface area contributed by atoms with Crippen molar-refractivity contribution in [2.24, 2.45) is 0 Å². The third-order valence-corrected chi connectivity index (χ3v) is 9.51. The maximum absolute atomic E-state index is 14.4. The number of alkyl halides is 3. The zero-order valence-corrected chi connectivity index (χ0v) is 27.9. The van der Waals surface area contributed by atoms with E-state index in [0.717, 1.165) is 12.1 Å². The van der Waals surface area contributed by atoms with E-state index in [1.807, 2.05) is 0 Å². The smallest absolute Gasteiger partial charge is 0.416 e. The number of benzene rings is 3. The molecule has 0 radical (unpaired) electrons. The number of hydrogen-bond donors (Lipinski definition) is 2. The first-order chi connectivity index (χ1) is 22.6. The maximum atomic E-state index is 14.4. The third-order valence-electron chi connectivity index (χ3n) is 9.04. The van der Waals surface area contributed by atoms with E-state index in [0.29, 0.717) is 52.8 Å². The number of halogens is 5. The number of hydrogen-bond acceptors (Lipinski definition) is 5. The molecular formula is C35H34Cl2F3N3O5. The molecule has 2 saturated heterocycles. The van der Waals surface area contributed by atoms with Crippen molar-refractivity contribution in [3.63, 3.8) is 0 Å². The Morgan fingerprint density at radius 2 is 1.67 bits per heavy atom. The highest BCUT2D eigenvalue weighted by Gasteiger charge is 2.62. The van der Waals surface area contributed by atoms with Crippen LogP contribution in [0.2, 0.25) is 10.0 Å². The molecule has 0 unspecified atom stereocenters. The molecule has 3 amide bonds. The molecule has 3 aromatic carbocycles. The normalized spacial score (nSPS) is 23.0. The van der Waals surface area contributed by atoms with Gasteiger partial charge < -0.3 is 25.0 Å². The Morgan fingerprint density at radius 3 is 2.33 bits per heavy atom. The number of rotatable bonds is 4. The number of carbonyl (C=O) groups excluding carboxylic acids is 3.